The minimum Gasteiger partial charge on any atom is -0.495 e. The van der Waals surface area contributed by atoms with Crippen molar-refractivity contribution in [3.63, 3.8) is 0 Å². The molecule has 0 aliphatic rings. The molecule has 0 bridgehead atoms. The highest BCUT2D eigenvalue weighted by Gasteiger charge is 2.31. The summed E-state index contributed by atoms with van der Waals surface area (Å²) >= 11 is 7.81. The first-order valence-corrected chi connectivity index (χ1v) is 14.8. The molecule has 2 N–H and O–H groups in total. The molecule has 0 saturated carbocycles. The second kappa shape index (κ2) is 12.2. The van der Waals surface area contributed by atoms with Gasteiger partial charge in [0, 0.05) is 23.0 Å². The summed E-state index contributed by atoms with van der Waals surface area (Å²) in [6.07, 6.45) is 0. The van der Waals surface area contributed by atoms with Crippen LogP contribution in [0.3, 0.4) is 0 Å². The highest BCUT2D eigenvalue weighted by atomic mass is 35.5. The van der Waals surface area contributed by atoms with Gasteiger partial charge in [0.1, 0.15) is 22.9 Å². The number of carbonyl (C=O) groups is 1. The van der Waals surface area contributed by atoms with Gasteiger partial charge in [-0.05, 0) is 67.4 Å². The van der Waals surface area contributed by atoms with Crippen molar-refractivity contribution in [1.82, 2.24) is 4.98 Å². The number of benzene rings is 3. The fourth-order valence-corrected chi connectivity index (χ4v) is 6.47. The highest BCUT2D eigenvalue weighted by molar-refractivity contribution is 7.93. The molecule has 0 aliphatic heterocycles. The Morgan fingerprint density at radius 3 is 2.40 bits per heavy atom. The minimum atomic E-state index is -4.26. The van der Waals surface area contributed by atoms with Crippen LogP contribution in [0, 0.1) is 13.8 Å². The molecule has 4 rings (SSSR count). The molecule has 9 nitrogen and oxygen atoms in total. The summed E-state index contributed by atoms with van der Waals surface area (Å²) in [6.45, 7) is 3.05. The highest BCUT2D eigenvalue weighted by Crippen LogP contribution is 2.34. The van der Waals surface area contributed by atoms with Crippen LogP contribution in [-0.4, -0.2) is 47.1 Å². The van der Waals surface area contributed by atoms with Crippen molar-refractivity contribution >= 4 is 55.4 Å². The fourth-order valence-electron chi connectivity index (χ4n) is 3.96. The maximum atomic E-state index is 14.0. The van der Waals surface area contributed by atoms with Crippen molar-refractivity contribution in [3.05, 3.63) is 76.1 Å². The van der Waals surface area contributed by atoms with Crippen LogP contribution >= 0.6 is 22.9 Å². The number of aryl methyl sites for hydroxylation is 2. The van der Waals surface area contributed by atoms with Gasteiger partial charge in [-0.25, -0.2) is 13.4 Å². The van der Waals surface area contributed by atoms with Crippen LogP contribution in [0.15, 0.2) is 64.9 Å². The number of amides is 1. The molecular formula is C28H29ClN4O5S2. The smallest absolute Gasteiger partial charge is 0.268 e. The van der Waals surface area contributed by atoms with E-state index in [0.717, 1.165) is 31.8 Å². The topological polar surface area (TPSA) is 110 Å². The molecule has 40 heavy (non-hydrogen) atoms. The van der Waals surface area contributed by atoms with Crippen LogP contribution in [0.5, 0.6) is 11.5 Å². The molecule has 4 aromatic rings. The van der Waals surface area contributed by atoms with Gasteiger partial charge in [0.05, 0.1) is 31.3 Å². The third-order valence-electron chi connectivity index (χ3n) is 6.11. The number of thiazole rings is 1. The first-order chi connectivity index (χ1) is 19.1. The van der Waals surface area contributed by atoms with Crippen LogP contribution in [-0.2, 0) is 14.8 Å². The van der Waals surface area contributed by atoms with E-state index in [9.17, 15) is 13.2 Å². The number of hydrogen-bond donors (Lipinski definition) is 2. The molecule has 1 amide bonds. The second-order valence-corrected chi connectivity index (χ2v) is 11.9. The molecule has 1 heterocycles. The molecule has 210 valence electrons. The average molecular weight is 601 g/mol. The third-order valence-corrected chi connectivity index (χ3v) is 9.17. The molecular weight excluding hydrogens is 572 g/mol. The Kier molecular flexibility index (Phi) is 8.87. The van der Waals surface area contributed by atoms with Crippen LogP contribution in [0.1, 0.15) is 11.1 Å². The van der Waals surface area contributed by atoms with Crippen LogP contribution in [0.2, 0.25) is 5.02 Å². The predicted molar refractivity (Wildman–Crippen MR) is 161 cm³/mol. The van der Waals surface area contributed by atoms with E-state index in [0.29, 0.717) is 16.5 Å². The first kappa shape index (κ1) is 29.2. The number of rotatable bonds is 10. The van der Waals surface area contributed by atoms with E-state index in [4.69, 9.17) is 21.1 Å². The average Bonchev–Trinajstić information content (AvgIpc) is 3.43. The monoisotopic (exact) mass is 600 g/mol. The van der Waals surface area contributed by atoms with Gasteiger partial charge in [0.25, 0.3) is 10.0 Å². The minimum absolute atomic E-state index is 0.0667. The number of aromatic nitrogens is 1. The van der Waals surface area contributed by atoms with Gasteiger partial charge < -0.3 is 20.1 Å². The summed E-state index contributed by atoms with van der Waals surface area (Å²) in [5.41, 5.74) is 3.57. The lowest BCUT2D eigenvalue weighted by atomic mass is 10.1. The fraction of sp³-hybridized carbons (Fsp3) is 0.214. The van der Waals surface area contributed by atoms with E-state index in [-0.39, 0.29) is 16.3 Å². The number of halogens is 1. The van der Waals surface area contributed by atoms with Gasteiger partial charge in [-0.3, -0.25) is 9.10 Å². The largest absolute Gasteiger partial charge is 0.495 e. The number of nitrogens with one attached hydrogen (secondary N) is 2. The summed E-state index contributed by atoms with van der Waals surface area (Å²) in [6, 6.07) is 14.9. The Morgan fingerprint density at radius 2 is 1.75 bits per heavy atom. The predicted octanol–water partition coefficient (Wildman–Crippen LogP) is 5.97. The molecule has 0 spiro atoms. The van der Waals surface area contributed by atoms with E-state index in [2.05, 4.69) is 15.6 Å². The Morgan fingerprint density at radius 1 is 1.02 bits per heavy atom. The Labute approximate surface area is 242 Å². The SMILES string of the molecule is CNc1nc(-c2ccc(OC)c(NC(=O)CN(c3ccc(C)c(Cl)c3)S(=O)(=O)c3cc(C)ccc3OC)c2)cs1. The quantitative estimate of drug-likeness (QED) is 0.231. The number of hydrogen-bond acceptors (Lipinski definition) is 8. The Balaban J connectivity index is 1.72. The van der Waals surface area contributed by atoms with Crippen molar-refractivity contribution in [2.45, 2.75) is 18.7 Å². The van der Waals surface area contributed by atoms with Gasteiger partial charge in [-0.15, -0.1) is 11.3 Å². The zero-order chi connectivity index (χ0) is 29.0. The van der Waals surface area contributed by atoms with E-state index in [1.165, 1.54) is 37.7 Å². The van der Waals surface area contributed by atoms with Crippen molar-refractivity contribution < 1.29 is 22.7 Å². The summed E-state index contributed by atoms with van der Waals surface area (Å²) < 4.78 is 39.9. The third kappa shape index (κ3) is 6.16. The molecule has 0 fully saturated rings. The number of carbonyl (C=O) groups excluding carboxylic acids is 1. The summed E-state index contributed by atoms with van der Waals surface area (Å²) in [5, 5.41) is 8.82. The second-order valence-electron chi connectivity index (χ2n) is 8.85. The van der Waals surface area contributed by atoms with Crippen LogP contribution in [0.4, 0.5) is 16.5 Å². The summed E-state index contributed by atoms with van der Waals surface area (Å²) in [5.74, 6) is -0.0152. The normalized spacial score (nSPS) is 11.2. The maximum absolute atomic E-state index is 14.0. The van der Waals surface area contributed by atoms with Gasteiger partial charge in [0.2, 0.25) is 5.91 Å². The molecule has 0 radical (unpaired) electrons. The van der Waals surface area contributed by atoms with Gasteiger partial charge >= 0.3 is 0 Å². The molecule has 0 saturated heterocycles. The lowest BCUT2D eigenvalue weighted by Gasteiger charge is -2.25. The molecule has 0 unspecified atom stereocenters. The lowest BCUT2D eigenvalue weighted by molar-refractivity contribution is -0.114. The number of ether oxygens (including phenoxy) is 2. The van der Waals surface area contributed by atoms with Crippen molar-refractivity contribution in [1.29, 1.82) is 0 Å². The molecule has 0 aliphatic carbocycles. The standard InChI is InChI=1S/C28H29ClN4O5S2/c1-17-6-10-25(38-5)26(12-17)40(35,36)33(20-9-7-18(2)21(29)14-20)15-27(34)31-22-13-19(8-11-24(22)37-4)23-16-39-28(30-3)32-23/h6-14,16H,15H2,1-5H3,(H,30,32)(H,31,34). The first-order valence-electron chi connectivity index (χ1n) is 12.1. The number of methoxy groups -OCH3 is 2. The molecule has 0 atom stereocenters. The summed E-state index contributed by atoms with van der Waals surface area (Å²) in [4.78, 5) is 17.9. The van der Waals surface area contributed by atoms with E-state index in [1.54, 1.807) is 50.4 Å². The lowest BCUT2D eigenvalue weighted by Crippen LogP contribution is -2.38. The number of anilines is 3. The Bertz CT molecular complexity index is 1660. The van der Waals surface area contributed by atoms with E-state index >= 15 is 0 Å². The Hall–Kier alpha value is -3.80. The van der Waals surface area contributed by atoms with E-state index in [1.807, 2.05) is 18.4 Å². The van der Waals surface area contributed by atoms with Crippen molar-refractivity contribution in [3.8, 4) is 22.8 Å². The van der Waals surface area contributed by atoms with Gasteiger partial charge in [-0.2, -0.15) is 0 Å². The van der Waals surface area contributed by atoms with Crippen molar-refractivity contribution in [2.75, 3.05) is 42.8 Å². The van der Waals surface area contributed by atoms with Gasteiger partial charge in [0.15, 0.2) is 5.13 Å². The van der Waals surface area contributed by atoms with Crippen molar-refractivity contribution in [2.24, 2.45) is 0 Å². The zero-order valence-corrected chi connectivity index (χ0v) is 25.0. The molecule has 3 aromatic carbocycles. The number of nitrogens with zero attached hydrogens (tertiary/aromatic N) is 2. The maximum Gasteiger partial charge on any atom is 0.268 e. The molecule has 12 heteroatoms. The van der Waals surface area contributed by atoms with Crippen LogP contribution < -0.4 is 24.4 Å². The van der Waals surface area contributed by atoms with E-state index < -0.39 is 22.5 Å². The van der Waals surface area contributed by atoms with Crippen LogP contribution in [0.25, 0.3) is 11.3 Å². The molecule has 1 aromatic heterocycles. The summed E-state index contributed by atoms with van der Waals surface area (Å²) in [7, 11) is 0.407. The number of sulfonamides is 1. The zero-order valence-electron chi connectivity index (χ0n) is 22.6. The van der Waals surface area contributed by atoms with Gasteiger partial charge in [-0.1, -0.05) is 23.7 Å².